The van der Waals surface area contributed by atoms with Crippen LogP contribution < -0.4 is 5.32 Å². The fraction of sp³-hybridized carbons (Fsp3) is 0.455. The molecular formula is C22H27NO5. The molecule has 0 unspecified atom stereocenters. The average molecular weight is 385 g/mol. The largest absolute Gasteiger partial charge is 0.508 e. The van der Waals surface area contributed by atoms with Gasteiger partial charge in [0.25, 0.3) is 0 Å². The maximum Gasteiger partial charge on any atom is 0.336 e. The SMILES string of the molecule is CC1=C(C(=O)OCCOC(C)C)[C@H](c2ccc(O)cc2)C2=C(CCCC2=O)N1. The Morgan fingerprint density at radius 2 is 1.93 bits per heavy atom. The molecule has 1 atom stereocenters. The second-order valence-electron chi connectivity index (χ2n) is 7.41. The zero-order valence-electron chi connectivity index (χ0n) is 16.6. The summed E-state index contributed by atoms with van der Waals surface area (Å²) >= 11 is 0. The van der Waals surface area contributed by atoms with Crippen LogP contribution in [0.25, 0.3) is 0 Å². The van der Waals surface area contributed by atoms with Gasteiger partial charge < -0.3 is 19.9 Å². The number of dihydropyridines is 1. The lowest BCUT2D eigenvalue weighted by atomic mass is 9.75. The van der Waals surface area contributed by atoms with Crippen molar-refractivity contribution in [1.29, 1.82) is 0 Å². The van der Waals surface area contributed by atoms with Crippen molar-refractivity contribution >= 4 is 11.8 Å². The van der Waals surface area contributed by atoms with Gasteiger partial charge in [-0.25, -0.2) is 4.79 Å². The molecule has 1 aliphatic heterocycles. The van der Waals surface area contributed by atoms with Gasteiger partial charge in [0.1, 0.15) is 12.4 Å². The van der Waals surface area contributed by atoms with Gasteiger partial charge in [0.15, 0.2) is 5.78 Å². The number of phenolic OH excluding ortho intramolecular Hbond substituents is 1. The van der Waals surface area contributed by atoms with Gasteiger partial charge in [0.2, 0.25) is 0 Å². The number of Topliss-reactive ketones (excluding diaryl/α,β-unsaturated/α-hetero) is 1. The number of aromatic hydroxyl groups is 1. The topological polar surface area (TPSA) is 84.9 Å². The second kappa shape index (κ2) is 8.61. The van der Waals surface area contributed by atoms with E-state index in [-0.39, 0.29) is 24.2 Å². The predicted molar refractivity (Wildman–Crippen MR) is 105 cm³/mol. The molecule has 0 amide bonds. The van der Waals surface area contributed by atoms with Gasteiger partial charge in [0, 0.05) is 29.3 Å². The molecule has 3 rings (SSSR count). The quantitative estimate of drug-likeness (QED) is 0.577. The summed E-state index contributed by atoms with van der Waals surface area (Å²) in [5, 5.41) is 12.9. The number of phenols is 1. The van der Waals surface area contributed by atoms with Gasteiger partial charge in [-0.1, -0.05) is 12.1 Å². The van der Waals surface area contributed by atoms with Crippen molar-refractivity contribution in [2.45, 2.75) is 52.1 Å². The Labute approximate surface area is 165 Å². The minimum Gasteiger partial charge on any atom is -0.508 e. The molecule has 1 aromatic carbocycles. The van der Waals surface area contributed by atoms with E-state index in [0.29, 0.717) is 29.9 Å². The maximum atomic E-state index is 12.9. The molecule has 1 heterocycles. The highest BCUT2D eigenvalue weighted by Gasteiger charge is 2.39. The van der Waals surface area contributed by atoms with Crippen LogP contribution in [0, 0.1) is 0 Å². The molecule has 0 aromatic heterocycles. The molecule has 6 nitrogen and oxygen atoms in total. The van der Waals surface area contributed by atoms with Gasteiger partial charge in [-0.2, -0.15) is 0 Å². The van der Waals surface area contributed by atoms with Gasteiger partial charge in [0.05, 0.1) is 18.3 Å². The molecule has 0 saturated heterocycles. The summed E-state index contributed by atoms with van der Waals surface area (Å²) < 4.78 is 10.9. The normalized spacial score (nSPS) is 19.6. The maximum absolute atomic E-state index is 12.9. The zero-order chi connectivity index (χ0) is 20.3. The van der Waals surface area contributed by atoms with Crippen LogP contribution in [0.15, 0.2) is 46.8 Å². The van der Waals surface area contributed by atoms with E-state index < -0.39 is 11.9 Å². The Balaban J connectivity index is 1.93. The van der Waals surface area contributed by atoms with Gasteiger partial charge in [-0.15, -0.1) is 0 Å². The Kier molecular flexibility index (Phi) is 6.19. The highest BCUT2D eigenvalue weighted by atomic mass is 16.6. The minimum atomic E-state index is -0.497. The summed E-state index contributed by atoms with van der Waals surface area (Å²) in [5.41, 5.74) is 3.43. The van der Waals surface area contributed by atoms with Crippen LogP contribution >= 0.6 is 0 Å². The molecule has 150 valence electrons. The monoisotopic (exact) mass is 385 g/mol. The number of carbonyl (C=O) groups excluding carboxylic acids is 2. The van der Waals surface area contributed by atoms with Crippen molar-refractivity contribution in [1.82, 2.24) is 5.32 Å². The van der Waals surface area contributed by atoms with Crippen molar-refractivity contribution in [3.05, 3.63) is 52.4 Å². The van der Waals surface area contributed by atoms with E-state index in [1.54, 1.807) is 24.3 Å². The number of allylic oxidation sites excluding steroid dienone is 3. The fourth-order valence-corrected chi connectivity index (χ4v) is 3.75. The molecule has 1 aliphatic carbocycles. The van der Waals surface area contributed by atoms with Crippen LogP contribution in [0.1, 0.15) is 51.5 Å². The fourth-order valence-electron chi connectivity index (χ4n) is 3.75. The molecule has 0 saturated carbocycles. The number of nitrogens with one attached hydrogen (secondary N) is 1. The Morgan fingerprint density at radius 1 is 1.21 bits per heavy atom. The van der Waals surface area contributed by atoms with Crippen LogP contribution in [-0.2, 0) is 19.1 Å². The minimum absolute atomic E-state index is 0.0489. The lowest BCUT2D eigenvalue weighted by Gasteiger charge is -2.34. The number of hydrogen-bond acceptors (Lipinski definition) is 6. The summed E-state index contributed by atoms with van der Waals surface area (Å²) in [6.07, 6.45) is 2.11. The van der Waals surface area contributed by atoms with E-state index in [9.17, 15) is 14.7 Å². The summed E-state index contributed by atoms with van der Waals surface area (Å²) in [7, 11) is 0. The van der Waals surface area contributed by atoms with E-state index in [1.807, 2.05) is 20.8 Å². The van der Waals surface area contributed by atoms with Gasteiger partial charge in [-0.3, -0.25) is 4.79 Å². The third kappa shape index (κ3) is 4.28. The van der Waals surface area contributed by atoms with Crippen molar-refractivity contribution in [2.75, 3.05) is 13.2 Å². The lowest BCUT2D eigenvalue weighted by Crippen LogP contribution is -2.34. The predicted octanol–water partition coefficient (Wildman–Crippen LogP) is 3.33. The average Bonchev–Trinajstić information content (AvgIpc) is 2.64. The van der Waals surface area contributed by atoms with Crippen LogP contribution in [0.2, 0.25) is 0 Å². The first-order valence-electron chi connectivity index (χ1n) is 9.70. The molecule has 0 fully saturated rings. The first kappa shape index (κ1) is 20.1. The van der Waals surface area contributed by atoms with E-state index in [4.69, 9.17) is 9.47 Å². The number of carbonyl (C=O) groups is 2. The van der Waals surface area contributed by atoms with Crippen LogP contribution in [0.4, 0.5) is 0 Å². The van der Waals surface area contributed by atoms with E-state index in [0.717, 1.165) is 24.1 Å². The number of ketones is 1. The van der Waals surface area contributed by atoms with Crippen LogP contribution in [0.3, 0.4) is 0 Å². The van der Waals surface area contributed by atoms with Crippen molar-refractivity contribution in [3.8, 4) is 5.75 Å². The summed E-state index contributed by atoms with van der Waals surface area (Å²) in [5.74, 6) is -0.770. The van der Waals surface area contributed by atoms with Gasteiger partial charge in [-0.05, 0) is 51.3 Å². The molecule has 0 spiro atoms. The molecule has 2 aliphatic rings. The smallest absolute Gasteiger partial charge is 0.336 e. The molecule has 0 radical (unpaired) electrons. The van der Waals surface area contributed by atoms with Crippen molar-refractivity contribution in [3.63, 3.8) is 0 Å². The van der Waals surface area contributed by atoms with Crippen molar-refractivity contribution < 1.29 is 24.2 Å². The lowest BCUT2D eigenvalue weighted by molar-refractivity contribution is -0.141. The van der Waals surface area contributed by atoms with E-state index >= 15 is 0 Å². The highest BCUT2D eigenvalue weighted by Crippen LogP contribution is 2.42. The van der Waals surface area contributed by atoms with E-state index in [1.165, 1.54) is 0 Å². The summed E-state index contributed by atoms with van der Waals surface area (Å²) in [6.45, 7) is 6.14. The van der Waals surface area contributed by atoms with Crippen LogP contribution in [-0.4, -0.2) is 36.2 Å². The van der Waals surface area contributed by atoms with Crippen LogP contribution in [0.5, 0.6) is 5.75 Å². The van der Waals surface area contributed by atoms with E-state index in [2.05, 4.69) is 5.32 Å². The second-order valence-corrected chi connectivity index (χ2v) is 7.41. The Hall–Kier alpha value is -2.60. The molecular weight excluding hydrogens is 358 g/mol. The standard InChI is InChI=1S/C22H27NO5/c1-13(2)27-11-12-28-22(26)19-14(3)23-17-5-4-6-18(25)21(17)20(19)15-7-9-16(24)10-8-15/h7-10,13,20,23-24H,4-6,11-12H2,1-3H3/t20-/m0/s1. The number of ether oxygens (including phenoxy) is 2. The molecule has 2 N–H and O–H groups in total. The Bertz CT molecular complexity index is 820. The molecule has 1 aromatic rings. The highest BCUT2D eigenvalue weighted by molar-refractivity contribution is 6.03. The number of rotatable bonds is 6. The first-order chi connectivity index (χ1) is 13.4. The molecule has 28 heavy (non-hydrogen) atoms. The summed E-state index contributed by atoms with van der Waals surface area (Å²) in [4.78, 5) is 25.7. The van der Waals surface area contributed by atoms with Crippen molar-refractivity contribution in [2.24, 2.45) is 0 Å². The zero-order valence-corrected chi connectivity index (χ0v) is 16.6. The first-order valence-corrected chi connectivity index (χ1v) is 9.70. The third-order valence-corrected chi connectivity index (χ3v) is 4.99. The Morgan fingerprint density at radius 3 is 2.61 bits per heavy atom. The number of esters is 1. The summed E-state index contributed by atoms with van der Waals surface area (Å²) in [6, 6.07) is 6.64. The molecule has 0 bridgehead atoms. The number of hydrogen-bond donors (Lipinski definition) is 2. The third-order valence-electron chi connectivity index (χ3n) is 4.99. The van der Waals surface area contributed by atoms with Gasteiger partial charge >= 0.3 is 5.97 Å². The number of benzene rings is 1. The molecule has 6 heteroatoms.